The Morgan fingerprint density at radius 2 is 1.93 bits per heavy atom. The molecule has 4 heterocycles. The molecule has 1 amide bonds. The van der Waals surface area contributed by atoms with Gasteiger partial charge in [0, 0.05) is 37.3 Å². The number of piperazine rings is 1. The number of carbonyl (C=O) groups is 1. The molecule has 0 bridgehead atoms. The van der Waals surface area contributed by atoms with Crippen LogP contribution in [0.3, 0.4) is 0 Å². The van der Waals surface area contributed by atoms with Gasteiger partial charge in [0.25, 0.3) is 21.5 Å². The summed E-state index contributed by atoms with van der Waals surface area (Å²) >= 11 is 1.29. The van der Waals surface area contributed by atoms with Crippen LogP contribution in [0.5, 0.6) is 0 Å². The molecule has 0 aliphatic carbocycles. The molecule has 1 aliphatic rings. The third-order valence-electron chi connectivity index (χ3n) is 4.72. The quantitative estimate of drug-likeness (QED) is 0.626. The predicted molar refractivity (Wildman–Crippen MR) is 102 cm³/mol. The number of carbonyl (C=O) groups excluding carboxylic acids is 1. The average molecular weight is 422 g/mol. The Kier molecular flexibility index (Phi) is 4.60. The van der Waals surface area contributed by atoms with E-state index in [-0.39, 0.29) is 48.4 Å². The number of furan rings is 1. The average Bonchev–Trinajstić information content (AvgIpc) is 3.31. The van der Waals surface area contributed by atoms with Crippen molar-refractivity contribution in [2.45, 2.75) is 18.7 Å². The Labute approximate surface area is 164 Å². The van der Waals surface area contributed by atoms with Crippen molar-refractivity contribution in [3.63, 3.8) is 0 Å². The summed E-state index contributed by atoms with van der Waals surface area (Å²) in [6.45, 7) is 3.88. The molecular formula is C17H18N4O5S2. The number of amides is 1. The van der Waals surface area contributed by atoms with Crippen molar-refractivity contribution in [1.29, 1.82) is 0 Å². The fourth-order valence-electron chi connectivity index (χ4n) is 3.28. The summed E-state index contributed by atoms with van der Waals surface area (Å²) in [4.78, 5) is 31.2. The van der Waals surface area contributed by atoms with Gasteiger partial charge in [-0.05, 0) is 26.0 Å². The predicted octanol–water partition coefficient (Wildman–Crippen LogP) is 1.11. The molecule has 4 rings (SSSR count). The molecule has 0 radical (unpaired) electrons. The molecule has 0 aromatic carbocycles. The zero-order valence-electron chi connectivity index (χ0n) is 15.3. The number of sulfonamides is 1. The Morgan fingerprint density at radius 3 is 2.57 bits per heavy atom. The first-order valence-corrected chi connectivity index (χ1v) is 10.9. The minimum atomic E-state index is -4.03. The van der Waals surface area contributed by atoms with Crippen molar-refractivity contribution < 1.29 is 17.6 Å². The van der Waals surface area contributed by atoms with Gasteiger partial charge in [0.05, 0.1) is 12.0 Å². The summed E-state index contributed by atoms with van der Waals surface area (Å²) in [6.07, 6.45) is 1.42. The first-order valence-electron chi connectivity index (χ1n) is 8.61. The number of aryl methyl sites for hydroxylation is 2. The molecule has 3 aromatic heterocycles. The van der Waals surface area contributed by atoms with Crippen molar-refractivity contribution >= 4 is 32.2 Å². The van der Waals surface area contributed by atoms with Crippen LogP contribution >= 0.6 is 11.3 Å². The fourth-order valence-corrected chi connectivity index (χ4v) is 5.82. The van der Waals surface area contributed by atoms with Gasteiger partial charge in [0.1, 0.15) is 0 Å². The van der Waals surface area contributed by atoms with E-state index in [0.29, 0.717) is 10.7 Å². The van der Waals surface area contributed by atoms with Gasteiger partial charge in [-0.15, -0.1) is 11.3 Å². The smallest absolute Gasteiger partial charge is 0.289 e. The van der Waals surface area contributed by atoms with E-state index in [4.69, 9.17) is 4.42 Å². The third kappa shape index (κ3) is 2.95. The topological polar surface area (TPSA) is 105 Å². The number of fused-ring (bicyclic) bond motifs is 1. The second-order valence-corrected chi connectivity index (χ2v) is 9.21. The standard InChI is InChI=1S/C17H18N4O5S2/c1-11-10-27-17-18-12(2)14(16(23)21(11)17)28(24,25)20-7-5-19(6-8-20)15(22)13-4-3-9-26-13/h3-4,9-10H,5-8H2,1-2H3. The Morgan fingerprint density at radius 1 is 1.21 bits per heavy atom. The highest BCUT2D eigenvalue weighted by Gasteiger charge is 2.34. The zero-order chi connectivity index (χ0) is 20.1. The molecule has 1 fully saturated rings. The van der Waals surface area contributed by atoms with Gasteiger partial charge < -0.3 is 9.32 Å². The van der Waals surface area contributed by atoms with E-state index in [1.54, 1.807) is 24.4 Å². The van der Waals surface area contributed by atoms with E-state index in [9.17, 15) is 18.0 Å². The van der Waals surface area contributed by atoms with E-state index in [1.807, 2.05) is 0 Å². The van der Waals surface area contributed by atoms with Crippen LogP contribution in [-0.2, 0) is 10.0 Å². The summed E-state index contributed by atoms with van der Waals surface area (Å²) in [5, 5.41) is 1.76. The molecule has 9 nitrogen and oxygen atoms in total. The lowest BCUT2D eigenvalue weighted by molar-refractivity contribution is 0.0666. The van der Waals surface area contributed by atoms with Crippen molar-refractivity contribution in [2.24, 2.45) is 0 Å². The van der Waals surface area contributed by atoms with E-state index in [2.05, 4.69) is 4.98 Å². The summed E-state index contributed by atoms with van der Waals surface area (Å²) in [5.41, 5.74) is 0.235. The summed E-state index contributed by atoms with van der Waals surface area (Å²) < 4.78 is 34.0. The summed E-state index contributed by atoms with van der Waals surface area (Å²) in [5.74, 6) is -0.0664. The van der Waals surface area contributed by atoms with E-state index >= 15 is 0 Å². The highest BCUT2D eigenvalue weighted by Crippen LogP contribution is 2.21. The monoisotopic (exact) mass is 422 g/mol. The maximum absolute atomic E-state index is 13.2. The van der Waals surface area contributed by atoms with Crippen molar-refractivity contribution in [3.05, 3.63) is 51.3 Å². The second-order valence-electron chi connectivity index (χ2n) is 6.50. The third-order valence-corrected chi connectivity index (χ3v) is 7.70. The fraction of sp³-hybridized carbons (Fsp3) is 0.353. The van der Waals surface area contributed by atoms with Crippen LogP contribution in [-0.4, -0.2) is 59.1 Å². The summed E-state index contributed by atoms with van der Waals surface area (Å²) in [7, 11) is -4.03. The Bertz CT molecular complexity index is 1200. The molecule has 3 aromatic rings. The van der Waals surface area contributed by atoms with Gasteiger partial charge in [-0.1, -0.05) is 0 Å². The van der Waals surface area contributed by atoms with Gasteiger partial charge in [-0.2, -0.15) is 4.31 Å². The Balaban J connectivity index is 1.62. The molecule has 1 saturated heterocycles. The maximum atomic E-state index is 13.2. The molecule has 0 atom stereocenters. The van der Waals surface area contributed by atoms with Crippen LogP contribution in [0.1, 0.15) is 21.9 Å². The van der Waals surface area contributed by atoms with Crippen molar-refractivity contribution in [3.8, 4) is 0 Å². The van der Waals surface area contributed by atoms with Crippen LogP contribution in [0.15, 0.2) is 37.9 Å². The number of thiazole rings is 1. The van der Waals surface area contributed by atoms with E-state index in [1.165, 1.54) is 38.1 Å². The minimum Gasteiger partial charge on any atom is -0.459 e. The maximum Gasteiger partial charge on any atom is 0.289 e. The van der Waals surface area contributed by atoms with E-state index < -0.39 is 15.6 Å². The van der Waals surface area contributed by atoms with Crippen molar-refractivity contribution in [1.82, 2.24) is 18.6 Å². The largest absolute Gasteiger partial charge is 0.459 e. The van der Waals surface area contributed by atoms with Gasteiger partial charge in [-0.25, -0.2) is 13.4 Å². The normalized spacial score (nSPS) is 16.0. The second kappa shape index (κ2) is 6.83. The lowest BCUT2D eigenvalue weighted by Gasteiger charge is -2.33. The van der Waals surface area contributed by atoms with Crippen LogP contribution in [0.25, 0.3) is 4.96 Å². The number of hydrogen-bond donors (Lipinski definition) is 0. The van der Waals surface area contributed by atoms with Gasteiger partial charge in [-0.3, -0.25) is 14.0 Å². The number of rotatable bonds is 3. The summed E-state index contributed by atoms with van der Waals surface area (Å²) in [6, 6.07) is 3.19. The van der Waals surface area contributed by atoms with Crippen LogP contribution < -0.4 is 5.56 Å². The van der Waals surface area contributed by atoms with Gasteiger partial charge in [0.15, 0.2) is 15.6 Å². The molecule has 0 saturated carbocycles. The SMILES string of the molecule is Cc1nc2scc(C)n2c(=O)c1S(=O)(=O)N1CCN(C(=O)c2ccco2)CC1. The van der Waals surface area contributed by atoms with Crippen molar-refractivity contribution in [2.75, 3.05) is 26.2 Å². The molecule has 1 aliphatic heterocycles. The van der Waals surface area contributed by atoms with Gasteiger partial charge >= 0.3 is 0 Å². The molecule has 0 unspecified atom stereocenters. The zero-order valence-corrected chi connectivity index (χ0v) is 16.9. The molecule has 148 valence electrons. The highest BCUT2D eigenvalue weighted by molar-refractivity contribution is 7.89. The van der Waals surface area contributed by atoms with E-state index in [0.717, 1.165) is 0 Å². The van der Waals surface area contributed by atoms with Crippen LogP contribution in [0, 0.1) is 13.8 Å². The molecule has 28 heavy (non-hydrogen) atoms. The highest BCUT2D eigenvalue weighted by atomic mass is 32.2. The molecular weight excluding hydrogens is 404 g/mol. The van der Waals surface area contributed by atoms with Crippen LogP contribution in [0.4, 0.5) is 0 Å². The number of aromatic nitrogens is 2. The Hall–Kier alpha value is -2.50. The molecule has 11 heteroatoms. The number of hydrogen-bond acceptors (Lipinski definition) is 7. The molecule has 0 spiro atoms. The lowest BCUT2D eigenvalue weighted by Crippen LogP contribution is -2.51. The van der Waals surface area contributed by atoms with Crippen LogP contribution in [0.2, 0.25) is 0 Å². The first-order chi connectivity index (χ1) is 13.3. The lowest BCUT2D eigenvalue weighted by atomic mass is 10.3. The first kappa shape index (κ1) is 18.8. The minimum absolute atomic E-state index is 0.0962. The molecule has 0 N–H and O–H groups in total. The van der Waals surface area contributed by atoms with Gasteiger partial charge in [0.2, 0.25) is 0 Å². The number of nitrogens with zero attached hydrogens (tertiary/aromatic N) is 4.